The molecule has 338 valence electrons. The van der Waals surface area contributed by atoms with E-state index < -0.39 is 0 Å². The smallest absolute Gasteiger partial charge is 0.136 e. The molecule has 0 aliphatic rings. The molecule has 0 unspecified atom stereocenters. The average Bonchev–Trinajstić information content (AvgIpc) is 3.84. The van der Waals surface area contributed by atoms with Gasteiger partial charge in [-0.05, 0) is 150 Å². The SMILES string of the molecule is c1ccc(-c2ccc(-c3c4ccccc4c(-c4ccc5oc6cccc(-c7c8ccccc8c(-c8ccc(-c9ccccc9)c9ccccc89)c8ccccc78)c6c5c4)c4ccccc34)c3ccccc23)cc1. The van der Waals surface area contributed by atoms with E-state index in [1.165, 1.54) is 120 Å². The second-order valence-electron chi connectivity index (χ2n) is 19.3. The van der Waals surface area contributed by atoms with Crippen molar-refractivity contribution in [3.05, 3.63) is 267 Å². The Bertz CT molecular complexity index is 4600. The van der Waals surface area contributed by atoms with Gasteiger partial charge >= 0.3 is 0 Å². The van der Waals surface area contributed by atoms with Gasteiger partial charge in [0, 0.05) is 10.8 Å². The Morgan fingerprint density at radius 2 is 0.521 bits per heavy atom. The molecular weight excluding hydrogens is 881 g/mol. The second kappa shape index (κ2) is 16.5. The van der Waals surface area contributed by atoms with Crippen molar-refractivity contribution in [1.82, 2.24) is 0 Å². The number of fused-ring (bicyclic) bond motifs is 9. The molecule has 0 radical (unpaired) electrons. The molecular formula is C72H44O. The van der Waals surface area contributed by atoms with Crippen LogP contribution >= 0.6 is 0 Å². The molecule has 0 aliphatic heterocycles. The van der Waals surface area contributed by atoms with Crippen LogP contribution in [0.15, 0.2) is 271 Å². The number of rotatable bonds is 6. The highest BCUT2D eigenvalue weighted by atomic mass is 16.3. The van der Waals surface area contributed by atoms with Crippen LogP contribution in [0.3, 0.4) is 0 Å². The quantitative estimate of drug-likeness (QED) is 0.151. The van der Waals surface area contributed by atoms with Gasteiger partial charge in [-0.2, -0.15) is 0 Å². The summed E-state index contributed by atoms with van der Waals surface area (Å²) in [6.07, 6.45) is 0. The van der Waals surface area contributed by atoms with Crippen LogP contribution in [0.1, 0.15) is 0 Å². The highest BCUT2D eigenvalue weighted by molar-refractivity contribution is 6.29. The van der Waals surface area contributed by atoms with Crippen molar-refractivity contribution in [1.29, 1.82) is 0 Å². The van der Waals surface area contributed by atoms with E-state index in [0.29, 0.717) is 0 Å². The van der Waals surface area contributed by atoms with Crippen LogP contribution in [0.25, 0.3) is 153 Å². The third-order valence-corrected chi connectivity index (χ3v) is 15.5. The van der Waals surface area contributed by atoms with Crippen LogP contribution in [0.2, 0.25) is 0 Å². The Balaban J connectivity index is 0.960. The van der Waals surface area contributed by atoms with Crippen LogP contribution in [-0.4, -0.2) is 0 Å². The monoisotopic (exact) mass is 924 g/mol. The minimum Gasteiger partial charge on any atom is -0.456 e. The topological polar surface area (TPSA) is 13.1 Å². The van der Waals surface area contributed by atoms with E-state index >= 15 is 0 Å². The average molecular weight is 925 g/mol. The van der Waals surface area contributed by atoms with Crippen molar-refractivity contribution < 1.29 is 4.42 Å². The van der Waals surface area contributed by atoms with Crippen LogP contribution in [0, 0.1) is 0 Å². The van der Waals surface area contributed by atoms with E-state index in [1.807, 2.05) is 0 Å². The summed E-state index contributed by atoms with van der Waals surface area (Å²) in [5.74, 6) is 0. The third kappa shape index (κ3) is 6.36. The lowest BCUT2D eigenvalue weighted by molar-refractivity contribution is 0.669. The molecule has 1 heterocycles. The predicted octanol–water partition coefficient (Wildman–Crippen LogP) is 20.5. The van der Waals surface area contributed by atoms with Crippen LogP contribution in [0.4, 0.5) is 0 Å². The van der Waals surface area contributed by atoms with Gasteiger partial charge in [0.05, 0.1) is 0 Å². The molecule has 0 atom stereocenters. The molecule has 0 aliphatic carbocycles. The van der Waals surface area contributed by atoms with E-state index in [1.54, 1.807) is 0 Å². The Labute approximate surface area is 422 Å². The maximum atomic E-state index is 6.85. The molecule has 0 amide bonds. The van der Waals surface area contributed by atoms with Gasteiger partial charge in [-0.1, -0.05) is 249 Å². The molecule has 0 bridgehead atoms. The summed E-state index contributed by atoms with van der Waals surface area (Å²) >= 11 is 0. The van der Waals surface area contributed by atoms with Gasteiger partial charge in [-0.3, -0.25) is 0 Å². The van der Waals surface area contributed by atoms with Crippen LogP contribution in [0.5, 0.6) is 0 Å². The lowest BCUT2D eigenvalue weighted by Crippen LogP contribution is -1.93. The minimum atomic E-state index is 0.872. The fourth-order valence-electron chi connectivity index (χ4n) is 12.4. The first kappa shape index (κ1) is 41.2. The highest BCUT2D eigenvalue weighted by Gasteiger charge is 2.24. The molecule has 14 aromatic carbocycles. The van der Waals surface area contributed by atoms with Gasteiger partial charge in [0.25, 0.3) is 0 Å². The Hall–Kier alpha value is -9.56. The maximum absolute atomic E-state index is 6.85. The summed E-state index contributed by atoms with van der Waals surface area (Å²) in [4.78, 5) is 0. The predicted molar refractivity (Wildman–Crippen MR) is 311 cm³/mol. The largest absolute Gasteiger partial charge is 0.456 e. The molecule has 1 nitrogen and oxygen atoms in total. The summed E-state index contributed by atoms with van der Waals surface area (Å²) in [6.45, 7) is 0. The molecule has 1 aromatic heterocycles. The van der Waals surface area contributed by atoms with E-state index in [-0.39, 0.29) is 0 Å². The van der Waals surface area contributed by atoms with Crippen molar-refractivity contribution >= 4 is 86.6 Å². The van der Waals surface area contributed by atoms with Crippen molar-refractivity contribution in [3.8, 4) is 66.8 Å². The molecule has 1 heteroatoms. The normalized spacial score (nSPS) is 11.8. The molecule has 73 heavy (non-hydrogen) atoms. The molecule has 0 spiro atoms. The zero-order valence-electron chi connectivity index (χ0n) is 39.8. The van der Waals surface area contributed by atoms with Crippen molar-refractivity contribution in [3.63, 3.8) is 0 Å². The van der Waals surface area contributed by atoms with E-state index in [0.717, 1.165) is 33.1 Å². The van der Waals surface area contributed by atoms with Crippen LogP contribution < -0.4 is 0 Å². The zero-order chi connectivity index (χ0) is 48.0. The standard InChI is InChI=1S/C72H44O/c1-3-20-45(21-4-1)48-39-41-62(52-26-9-7-24-50(48)52)69-56-30-13-11-28-54(56)68(55-29-12-14-31-57(55)69)47-38-43-66-65(44-47)72-64(36-19-37-67(72)73-66)71-60-34-17-15-32-58(60)70(59-33-16-18-35-61(59)71)63-42-40-49(46-22-5-2-6-23-46)51-25-8-10-27-53(51)63/h1-44H. The van der Waals surface area contributed by atoms with Crippen molar-refractivity contribution in [2.24, 2.45) is 0 Å². The van der Waals surface area contributed by atoms with Gasteiger partial charge in [0.15, 0.2) is 0 Å². The molecule has 0 saturated heterocycles. The number of hydrogen-bond acceptors (Lipinski definition) is 1. The molecule has 0 saturated carbocycles. The Morgan fingerprint density at radius 1 is 0.178 bits per heavy atom. The molecule has 0 fully saturated rings. The summed E-state index contributed by atoms with van der Waals surface area (Å²) < 4.78 is 6.85. The van der Waals surface area contributed by atoms with Gasteiger partial charge in [-0.25, -0.2) is 0 Å². The second-order valence-corrected chi connectivity index (χ2v) is 19.3. The highest BCUT2D eigenvalue weighted by Crippen LogP contribution is 2.51. The van der Waals surface area contributed by atoms with Gasteiger partial charge in [0.1, 0.15) is 11.2 Å². The first-order valence-electron chi connectivity index (χ1n) is 25.2. The first-order valence-corrected chi connectivity index (χ1v) is 25.2. The van der Waals surface area contributed by atoms with Crippen molar-refractivity contribution in [2.75, 3.05) is 0 Å². The zero-order valence-corrected chi connectivity index (χ0v) is 39.8. The van der Waals surface area contributed by atoms with Crippen LogP contribution in [-0.2, 0) is 0 Å². The summed E-state index contributed by atoms with van der Waals surface area (Å²) in [7, 11) is 0. The maximum Gasteiger partial charge on any atom is 0.136 e. The van der Waals surface area contributed by atoms with Crippen molar-refractivity contribution in [2.45, 2.75) is 0 Å². The van der Waals surface area contributed by atoms with Gasteiger partial charge < -0.3 is 4.42 Å². The molecule has 15 aromatic rings. The number of furan rings is 1. The molecule has 15 rings (SSSR count). The Morgan fingerprint density at radius 3 is 0.945 bits per heavy atom. The lowest BCUT2D eigenvalue weighted by Gasteiger charge is -2.20. The third-order valence-electron chi connectivity index (χ3n) is 15.5. The molecule has 0 N–H and O–H groups in total. The number of benzene rings is 14. The summed E-state index contributed by atoms with van der Waals surface area (Å²) in [6, 6.07) is 98.0. The van der Waals surface area contributed by atoms with Gasteiger partial charge in [-0.15, -0.1) is 0 Å². The summed E-state index contributed by atoms with van der Waals surface area (Å²) in [5, 5.41) is 17.0. The fraction of sp³-hybridized carbons (Fsp3) is 0. The van der Waals surface area contributed by atoms with Gasteiger partial charge in [0.2, 0.25) is 0 Å². The minimum absolute atomic E-state index is 0.872. The lowest BCUT2D eigenvalue weighted by atomic mass is 9.82. The summed E-state index contributed by atoms with van der Waals surface area (Å²) in [5.41, 5.74) is 16.4. The first-order chi connectivity index (χ1) is 36.3. The number of hydrogen-bond donors (Lipinski definition) is 0. The fourth-order valence-corrected chi connectivity index (χ4v) is 12.4. The Kier molecular flexibility index (Phi) is 9.33. The van der Waals surface area contributed by atoms with E-state index in [2.05, 4.69) is 267 Å². The van der Waals surface area contributed by atoms with E-state index in [9.17, 15) is 0 Å². The van der Waals surface area contributed by atoms with E-state index in [4.69, 9.17) is 4.42 Å².